The summed E-state index contributed by atoms with van der Waals surface area (Å²) in [5, 5.41) is 0. The molecule has 0 saturated carbocycles. The lowest BCUT2D eigenvalue weighted by molar-refractivity contribution is 0.423. The third kappa shape index (κ3) is 3.55. The zero-order chi connectivity index (χ0) is 12.0. The van der Waals surface area contributed by atoms with Crippen molar-refractivity contribution in [1.82, 2.24) is 9.29 Å². The minimum Gasteiger partial charge on any atom is -0.329 e. The summed E-state index contributed by atoms with van der Waals surface area (Å²) >= 11 is 0. The highest BCUT2D eigenvalue weighted by Gasteiger charge is 2.19. The van der Waals surface area contributed by atoms with Gasteiger partial charge in [0.05, 0.1) is 5.75 Å². The zero-order valence-electron chi connectivity index (χ0n) is 9.33. The van der Waals surface area contributed by atoms with Gasteiger partial charge >= 0.3 is 0 Å². The van der Waals surface area contributed by atoms with Crippen molar-refractivity contribution < 1.29 is 8.42 Å². The van der Waals surface area contributed by atoms with Gasteiger partial charge in [0, 0.05) is 32.0 Å². The van der Waals surface area contributed by atoms with E-state index in [-0.39, 0.29) is 12.3 Å². The number of aromatic nitrogens is 1. The van der Waals surface area contributed by atoms with Crippen LogP contribution in [0, 0.1) is 0 Å². The van der Waals surface area contributed by atoms with Crippen molar-refractivity contribution in [1.29, 1.82) is 0 Å². The summed E-state index contributed by atoms with van der Waals surface area (Å²) in [4.78, 5) is 3.95. The molecule has 1 aromatic heterocycles. The smallest absolute Gasteiger partial charge is 0.215 e. The predicted octanol–water partition coefficient (Wildman–Crippen LogP) is 0.192. The van der Waals surface area contributed by atoms with Crippen molar-refractivity contribution >= 4 is 10.0 Å². The fraction of sp³-hybridized carbons (Fsp3) is 0.500. The molecule has 0 aliphatic rings. The van der Waals surface area contributed by atoms with E-state index >= 15 is 0 Å². The molecule has 2 N–H and O–H groups in total. The number of nitrogens with two attached hydrogens (primary N) is 1. The average molecular weight is 243 g/mol. The van der Waals surface area contributed by atoms with Gasteiger partial charge in [-0.1, -0.05) is 13.0 Å². The summed E-state index contributed by atoms with van der Waals surface area (Å²) in [7, 11) is -3.24. The summed E-state index contributed by atoms with van der Waals surface area (Å²) in [5.74, 6) is -0.0128. The Morgan fingerprint density at radius 1 is 1.50 bits per heavy atom. The molecule has 0 unspecified atom stereocenters. The van der Waals surface area contributed by atoms with Crippen LogP contribution >= 0.6 is 0 Å². The third-order valence-electron chi connectivity index (χ3n) is 2.20. The van der Waals surface area contributed by atoms with Crippen molar-refractivity contribution in [3.8, 4) is 0 Å². The first-order valence-electron chi connectivity index (χ1n) is 5.17. The summed E-state index contributed by atoms with van der Waals surface area (Å²) in [5.41, 5.74) is 6.16. The molecule has 1 heterocycles. The van der Waals surface area contributed by atoms with E-state index in [1.165, 1.54) is 4.31 Å². The molecule has 90 valence electrons. The number of pyridine rings is 1. The zero-order valence-corrected chi connectivity index (χ0v) is 10.2. The van der Waals surface area contributed by atoms with Crippen LogP contribution in [-0.4, -0.2) is 36.5 Å². The van der Waals surface area contributed by atoms with E-state index in [0.717, 1.165) is 5.56 Å². The van der Waals surface area contributed by atoms with Gasteiger partial charge in [-0.2, -0.15) is 4.31 Å². The number of rotatable bonds is 6. The first-order chi connectivity index (χ1) is 7.60. The fourth-order valence-electron chi connectivity index (χ4n) is 1.38. The van der Waals surface area contributed by atoms with Gasteiger partial charge in [-0.3, -0.25) is 4.98 Å². The molecular formula is C10H17N3O2S. The second kappa shape index (κ2) is 5.93. The lowest BCUT2D eigenvalue weighted by Crippen LogP contribution is -2.34. The molecule has 6 heteroatoms. The molecule has 1 aromatic rings. The van der Waals surface area contributed by atoms with Crippen LogP contribution in [0.5, 0.6) is 0 Å². The Morgan fingerprint density at radius 2 is 2.25 bits per heavy atom. The Morgan fingerprint density at radius 3 is 2.75 bits per heavy atom. The van der Waals surface area contributed by atoms with Crippen LogP contribution in [0.4, 0.5) is 0 Å². The molecule has 0 aromatic carbocycles. The molecule has 0 spiro atoms. The molecule has 0 radical (unpaired) electrons. The van der Waals surface area contributed by atoms with Crippen LogP contribution in [0.3, 0.4) is 0 Å². The maximum atomic E-state index is 11.8. The van der Waals surface area contributed by atoms with Gasteiger partial charge in [0.15, 0.2) is 0 Å². The van der Waals surface area contributed by atoms with E-state index < -0.39 is 10.0 Å². The maximum Gasteiger partial charge on any atom is 0.215 e. The van der Waals surface area contributed by atoms with E-state index in [4.69, 9.17) is 5.73 Å². The molecule has 0 aliphatic heterocycles. The second-order valence-corrected chi connectivity index (χ2v) is 5.48. The number of sulfonamides is 1. The molecule has 5 nitrogen and oxygen atoms in total. The van der Waals surface area contributed by atoms with Crippen molar-refractivity contribution in [2.75, 3.05) is 18.8 Å². The molecule has 0 bridgehead atoms. The topological polar surface area (TPSA) is 76.3 Å². The minimum absolute atomic E-state index is 0.0128. The monoisotopic (exact) mass is 243 g/mol. The largest absolute Gasteiger partial charge is 0.329 e. The highest BCUT2D eigenvalue weighted by atomic mass is 32.2. The molecule has 1 rings (SSSR count). The van der Waals surface area contributed by atoms with Crippen LogP contribution in [0.1, 0.15) is 12.5 Å². The van der Waals surface area contributed by atoms with Gasteiger partial charge in [0.25, 0.3) is 0 Å². The molecular weight excluding hydrogens is 226 g/mol. The minimum atomic E-state index is -3.24. The molecule has 16 heavy (non-hydrogen) atoms. The molecule has 0 saturated heterocycles. The van der Waals surface area contributed by atoms with Crippen LogP contribution in [-0.2, 0) is 16.6 Å². The Kier molecular flexibility index (Phi) is 4.85. The van der Waals surface area contributed by atoms with Crippen molar-refractivity contribution in [3.63, 3.8) is 0 Å². The lowest BCUT2D eigenvalue weighted by atomic mass is 10.3. The van der Waals surface area contributed by atoms with Crippen LogP contribution in [0.15, 0.2) is 24.5 Å². The predicted molar refractivity (Wildman–Crippen MR) is 63.2 cm³/mol. The van der Waals surface area contributed by atoms with Gasteiger partial charge < -0.3 is 5.73 Å². The number of nitrogens with zero attached hydrogens (tertiary/aromatic N) is 2. The van der Waals surface area contributed by atoms with Crippen molar-refractivity contribution in [2.45, 2.75) is 13.5 Å². The summed E-state index contributed by atoms with van der Waals surface area (Å²) in [6, 6.07) is 3.65. The summed E-state index contributed by atoms with van der Waals surface area (Å²) in [6.45, 7) is 2.75. The molecule has 0 amide bonds. The van der Waals surface area contributed by atoms with E-state index in [1.807, 2.05) is 13.0 Å². The Labute approximate surface area is 96.3 Å². The molecule has 0 atom stereocenters. The van der Waals surface area contributed by atoms with Crippen molar-refractivity contribution in [2.24, 2.45) is 5.73 Å². The maximum absolute atomic E-state index is 11.8. The van der Waals surface area contributed by atoms with Crippen LogP contribution in [0.2, 0.25) is 0 Å². The molecule has 0 aliphatic carbocycles. The number of hydrogen-bond donors (Lipinski definition) is 1. The number of hydrogen-bond acceptors (Lipinski definition) is 4. The standard InChI is InChI=1S/C10H17N3O2S/c1-2-13(16(14,15)7-5-11)9-10-4-3-6-12-8-10/h3-4,6,8H,2,5,7,9,11H2,1H3. The summed E-state index contributed by atoms with van der Waals surface area (Å²) < 4.78 is 25.0. The average Bonchev–Trinajstić information content (AvgIpc) is 2.27. The lowest BCUT2D eigenvalue weighted by Gasteiger charge is -2.19. The first-order valence-corrected chi connectivity index (χ1v) is 6.78. The van der Waals surface area contributed by atoms with Gasteiger partial charge in [0.2, 0.25) is 10.0 Å². The Hall–Kier alpha value is -0.980. The van der Waals surface area contributed by atoms with Gasteiger partial charge in [-0.25, -0.2) is 8.42 Å². The van der Waals surface area contributed by atoms with Gasteiger partial charge in [-0.05, 0) is 11.6 Å². The van der Waals surface area contributed by atoms with Gasteiger partial charge in [-0.15, -0.1) is 0 Å². The fourth-order valence-corrected chi connectivity index (χ4v) is 2.68. The third-order valence-corrected chi connectivity index (χ3v) is 4.13. The van der Waals surface area contributed by atoms with Gasteiger partial charge in [0.1, 0.15) is 0 Å². The Bertz CT molecular complexity index is 405. The van der Waals surface area contributed by atoms with Crippen LogP contribution in [0.25, 0.3) is 0 Å². The van der Waals surface area contributed by atoms with E-state index in [2.05, 4.69) is 4.98 Å². The van der Waals surface area contributed by atoms with E-state index in [0.29, 0.717) is 13.1 Å². The van der Waals surface area contributed by atoms with Crippen LogP contribution < -0.4 is 5.73 Å². The summed E-state index contributed by atoms with van der Waals surface area (Å²) in [6.07, 6.45) is 3.33. The quantitative estimate of drug-likeness (QED) is 0.774. The first kappa shape index (κ1) is 13.1. The van der Waals surface area contributed by atoms with E-state index in [9.17, 15) is 8.42 Å². The highest BCUT2D eigenvalue weighted by Crippen LogP contribution is 2.08. The van der Waals surface area contributed by atoms with Crippen molar-refractivity contribution in [3.05, 3.63) is 30.1 Å². The second-order valence-electron chi connectivity index (χ2n) is 3.39. The molecule has 0 fully saturated rings. The Balaban J connectivity index is 2.77. The highest BCUT2D eigenvalue weighted by molar-refractivity contribution is 7.89. The SMILES string of the molecule is CCN(Cc1cccnc1)S(=O)(=O)CCN. The van der Waals surface area contributed by atoms with E-state index in [1.54, 1.807) is 18.5 Å². The normalized spacial score (nSPS) is 11.9.